The van der Waals surface area contributed by atoms with E-state index in [0.29, 0.717) is 0 Å². The van der Waals surface area contributed by atoms with E-state index in [-0.39, 0.29) is 12.6 Å². The Labute approximate surface area is 144 Å². The molecule has 0 bridgehead atoms. The van der Waals surface area contributed by atoms with Crippen LogP contribution in [0.15, 0.2) is 28.7 Å². The van der Waals surface area contributed by atoms with Crippen molar-refractivity contribution >= 4 is 27.6 Å². The minimum Gasteiger partial charge on any atom is -0.394 e. The number of hydrogen-bond donors (Lipinski definition) is 2. The van der Waals surface area contributed by atoms with Gasteiger partial charge in [-0.25, -0.2) is 9.97 Å². The van der Waals surface area contributed by atoms with Crippen molar-refractivity contribution in [3.63, 3.8) is 0 Å². The lowest BCUT2D eigenvalue weighted by molar-refractivity contribution is 0.281. The molecule has 2 aromatic rings. The summed E-state index contributed by atoms with van der Waals surface area (Å²) in [7, 11) is 0. The van der Waals surface area contributed by atoms with Gasteiger partial charge < -0.3 is 15.3 Å². The molecule has 0 fully saturated rings. The lowest BCUT2D eigenvalue weighted by Gasteiger charge is -2.30. The van der Waals surface area contributed by atoms with Crippen LogP contribution < -0.4 is 10.2 Å². The minimum atomic E-state index is -0.0322. The first-order valence-electron chi connectivity index (χ1n) is 7.80. The molecule has 0 saturated heterocycles. The third-order valence-electron chi connectivity index (χ3n) is 4.00. The number of aryl methyl sites for hydroxylation is 1. The van der Waals surface area contributed by atoms with Gasteiger partial charge in [0.05, 0.1) is 6.61 Å². The number of aliphatic hydroxyl groups is 1. The normalized spacial score (nSPS) is 15.2. The van der Waals surface area contributed by atoms with Gasteiger partial charge in [-0.05, 0) is 43.5 Å². The fraction of sp³-hybridized carbons (Fsp3) is 0.412. The molecule has 3 rings (SSSR count). The van der Waals surface area contributed by atoms with Crippen molar-refractivity contribution in [3.05, 3.63) is 45.7 Å². The smallest absolute Gasteiger partial charge is 0.134 e. The highest BCUT2D eigenvalue weighted by Crippen LogP contribution is 2.26. The predicted octanol–water partition coefficient (Wildman–Crippen LogP) is 2.90. The number of rotatable bonds is 4. The van der Waals surface area contributed by atoms with Gasteiger partial charge in [0.1, 0.15) is 17.5 Å². The summed E-state index contributed by atoms with van der Waals surface area (Å²) >= 11 is 3.55. The van der Waals surface area contributed by atoms with E-state index in [2.05, 4.69) is 54.3 Å². The van der Waals surface area contributed by atoms with Crippen LogP contribution in [0.25, 0.3) is 0 Å². The second-order valence-electron chi connectivity index (χ2n) is 5.97. The van der Waals surface area contributed by atoms with Gasteiger partial charge in [-0.1, -0.05) is 22.0 Å². The van der Waals surface area contributed by atoms with E-state index in [4.69, 9.17) is 0 Å². The first kappa shape index (κ1) is 16.2. The van der Waals surface area contributed by atoms with Gasteiger partial charge in [-0.2, -0.15) is 0 Å². The number of anilines is 2. The Morgan fingerprint density at radius 2 is 2.13 bits per heavy atom. The predicted molar refractivity (Wildman–Crippen MR) is 95.8 cm³/mol. The second kappa shape index (κ2) is 6.84. The molecule has 0 aliphatic carbocycles. The van der Waals surface area contributed by atoms with E-state index in [9.17, 15) is 5.11 Å². The molecular weight excluding hydrogens is 356 g/mol. The monoisotopic (exact) mass is 376 g/mol. The van der Waals surface area contributed by atoms with Gasteiger partial charge in [0.25, 0.3) is 0 Å². The third kappa shape index (κ3) is 3.82. The largest absolute Gasteiger partial charge is 0.394 e. The zero-order valence-electron chi connectivity index (χ0n) is 13.4. The first-order valence-corrected chi connectivity index (χ1v) is 8.60. The van der Waals surface area contributed by atoms with Crippen LogP contribution >= 0.6 is 15.9 Å². The number of fused-ring (bicyclic) bond motifs is 1. The SMILES string of the molecule is Cc1nc(N[C@@H](C)CO)cc(N2CCc3ccc(Br)cc3C2)n1. The number of nitrogens with one attached hydrogen (secondary N) is 1. The second-order valence-corrected chi connectivity index (χ2v) is 6.89. The number of nitrogens with zero attached hydrogens (tertiary/aromatic N) is 3. The van der Waals surface area contributed by atoms with Gasteiger partial charge in [0.15, 0.2) is 0 Å². The Kier molecular flexibility index (Phi) is 4.82. The molecule has 1 aromatic heterocycles. The molecule has 122 valence electrons. The molecule has 1 aromatic carbocycles. The van der Waals surface area contributed by atoms with Crippen LogP contribution in [0.2, 0.25) is 0 Å². The van der Waals surface area contributed by atoms with E-state index >= 15 is 0 Å². The lowest BCUT2D eigenvalue weighted by Crippen LogP contribution is -2.31. The quantitative estimate of drug-likeness (QED) is 0.858. The Morgan fingerprint density at radius 1 is 1.30 bits per heavy atom. The summed E-state index contributed by atoms with van der Waals surface area (Å²) in [5.41, 5.74) is 2.74. The molecule has 0 spiro atoms. The Morgan fingerprint density at radius 3 is 2.91 bits per heavy atom. The van der Waals surface area contributed by atoms with Crippen LogP contribution in [-0.2, 0) is 13.0 Å². The van der Waals surface area contributed by atoms with Gasteiger partial charge >= 0.3 is 0 Å². The molecule has 1 aliphatic heterocycles. The van der Waals surface area contributed by atoms with Gasteiger partial charge in [0.2, 0.25) is 0 Å². The average Bonchev–Trinajstić information content (AvgIpc) is 2.53. The molecule has 23 heavy (non-hydrogen) atoms. The van der Waals surface area contributed by atoms with Gasteiger partial charge in [0, 0.05) is 29.7 Å². The first-order chi connectivity index (χ1) is 11.0. The fourth-order valence-electron chi connectivity index (χ4n) is 2.81. The molecule has 0 unspecified atom stereocenters. The molecule has 0 amide bonds. The van der Waals surface area contributed by atoms with Crippen molar-refractivity contribution in [2.75, 3.05) is 23.4 Å². The molecule has 6 heteroatoms. The van der Waals surface area contributed by atoms with Crippen molar-refractivity contribution in [3.8, 4) is 0 Å². The summed E-state index contributed by atoms with van der Waals surface area (Å²) in [4.78, 5) is 11.3. The highest BCUT2D eigenvalue weighted by Gasteiger charge is 2.19. The fourth-order valence-corrected chi connectivity index (χ4v) is 3.22. The number of aliphatic hydroxyl groups excluding tert-OH is 1. The summed E-state index contributed by atoms with van der Waals surface area (Å²) in [5.74, 6) is 2.42. The summed E-state index contributed by atoms with van der Waals surface area (Å²) in [5, 5.41) is 12.4. The van der Waals surface area contributed by atoms with Crippen LogP contribution in [0.5, 0.6) is 0 Å². The maximum atomic E-state index is 9.20. The zero-order chi connectivity index (χ0) is 16.4. The van der Waals surface area contributed by atoms with Crippen molar-refractivity contribution in [1.82, 2.24) is 9.97 Å². The topological polar surface area (TPSA) is 61.3 Å². The van der Waals surface area contributed by atoms with E-state index in [1.54, 1.807) is 0 Å². The van der Waals surface area contributed by atoms with E-state index < -0.39 is 0 Å². The van der Waals surface area contributed by atoms with Crippen molar-refractivity contribution in [2.45, 2.75) is 32.9 Å². The zero-order valence-corrected chi connectivity index (χ0v) is 15.0. The van der Waals surface area contributed by atoms with Crippen molar-refractivity contribution < 1.29 is 5.11 Å². The summed E-state index contributed by atoms with van der Waals surface area (Å²) < 4.78 is 1.11. The molecule has 5 nitrogen and oxygen atoms in total. The van der Waals surface area contributed by atoms with E-state index in [1.807, 2.05) is 19.9 Å². The highest BCUT2D eigenvalue weighted by atomic mass is 79.9. The molecule has 1 aliphatic rings. The molecule has 2 N–H and O–H groups in total. The number of halogens is 1. The Hall–Kier alpha value is -1.66. The third-order valence-corrected chi connectivity index (χ3v) is 4.49. The molecular formula is C17H21BrN4O. The maximum absolute atomic E-state index is 9.20. The molecule has 1 atom stereocenters. The maximum Gasteiger partial charge on any atom is 0.134 e. The summed E-state index contributed by atoms with van der Waals surface area (Å²) in [6.45, 7) is 5.68. The average molecular weight is 377 g/mol. The van der Waals surface area contributed by atoms with Gasteiger partial charge in [-0.15, -0.1) is 0 Å². The van der Waals surface area contributed by atoms with E-state index in [0.717, 1.165) is 41.4 Å². The summed E-state index contributed by atoms with van der Waals surface area (Å²) in [6, 6.07) is 8.40. The van der Waals surface area contributed by atoms with Crippen LogP contribution in [0.1, 0.15) is 23.9 Å². The van der Waals surface area contributed by atoms with Crippen LogP contribution in [0.3, 0.4) is 0 Å². The van der Waals surface area contributed by atoms with Crippen molar-refractivity contribution in [1.29, 1.82) is 0 Å². The Balaban J connectivity index is 1.84. The number of aromatic nitrogens is 2. The standard InChI is InChI=1S/C17H21BrN4O/c1-11(10-23)19-16-8-17(21-12(2)20-16)22-6-5-13-3-4-15(18)7-14(13)9-22/h3-4,7-8,11,23H,5-6,9-10H2,1-2H3,(H,19,20,21)/t11-/m0/s1. The van der Waals surface area contributed by atoms with Crippen LogP contribution in [-0.4, -0.2) is 34.3 Å². The lowest BCUT2D eigenvalue weighted by atomic mass is 10.00. The number of benzene rings is 1. The van der Waals surface area contributed by atoms with Gasteiger partial charge in [-0.3, -0.25) is 0 Å². The molecule has 0 radical (unpaired) electrons. The molecule has 2 heterocycles. The number of hydrogen-bond acceptors (Lipinski definition) is 5. The van der Waals surface area contributed by atoms with Crippen LogP contribution in [0.4, 0.5) is 11.6 Å². The Bertz CT molecular complexity index is 707. The van der Waals surface area contributed by atoms with Crippen molar-refractivity contribution in [2.24, 2.45) is 0 Å². The molecule has 0 saturated carbocycles. The van der Waals surface area contributed by atoms with E-state index in [1.165, 1.54) is 11.1 Å². The highest BCUT2D eigenvalue weighted by molar-refractivity contribution is 9.10. The minimum absolute atomic E-state index is 0.0322. The van der Waals surface area contributed by atoms with Crippen LogP contribution in [0, 0.1) is 6.92 Å². The summed E-state index contributed by atoms with van der Waals surface area (Å²) in [6.07, 6.45) is 1.02.